The van der Waals surface area contributed by atoms with Gasteiger partial charge >= 0.3 is 11.9 Å². The largest absolute Gasteiger partial charge is 0.507 e. The van der Waals surface area contributed by atoms with Crippen molar-refractivity contribution in [3.05, 3.63) is 66.3 Å². The minimum atomic E-state index is -2.11. The van der Waals surface area contributed by atoms with Gasteiger partial charge in [0.25, 0.3) is 0 Å². The Morgan fingerprint density at radius 1 is 1.28 bits per heavy atom. The minimum absolute atomic E-state index is 0.0258. The van der Waals surface area contributed by atoms with Gasteiger partial charge in [-0.15, -0.1) is 0 Å². The molecule has 198 valence electrons. The van der Waals surface area contributed by atoms with E-state index in [0.717, 1.165) is 6.42 Å². The number of fused-ring (bicyclic) bond motifs is 1. The predicted molar refractivity (Wildman–Crippen MR) is 146 cm³/mol. The highest BCUT2D eigenvalue weighted by Gasteiger charge is 2.41. The lowest BCUT2D eigenvalue weighted by Gasteiger charge is -2.41. The molecule has 0 unspecified atom stereocenters. The average Bonchev–Trinajstić information content (AvgIpc) is 2.78. The number of hydrogen-bond donors (Lipinski definition) is 1. The summed E-state index contributed by atoms with van der Waals surface area (Å²) in [6, 6.07) is 5.04. The Morgan fingerprint density at radius 3 is 2.67 bits per heavy atom. The van der Waals surface area contributed by atoms with Gasteiger partial charge in [-0.05, 0) is 48.5 Å². The van der Waals surface area contributed by atoms with Crippen LogP contribution in [0.3, 0.4) is 0 Å². The van der Waals surface area contributed by atoms with Gasteiger partial charge in [0.15, 0.2) is 8.32 Å². The van der Waals surface area contributed by atoms with E-state index in [4.69, 9.17) is 13.9 Å². The van der Waals surface area contributed by atoms with Gasteiger partial charge in [-0.3, -0.25) is 0 Å². The van der Waals surface area contributed by atoms with E-state index >= 15 is 0 Å². The summed E-state index contributed by atoms with van der Waals surface area (Å²) in [5.74, 6) is -0.970. The lowest BCUT2D eigenvalue weighted by atomic mass is 9.93. The molecule has 0 saturated heterocycles. The van der Waals surface area contributed by atoms with Gasteiger partial charge in [-0.25, -0.2) is 9.59 Å². The van der Waals surface area contributed by atoms with E-state index in [2.05, 4.69) is 53.4 Å². The second-order valence-electron chi connectivity index (χ2n) is 10.9. The van der Waals surface area contributed by atoms with Crippen LogP contribution in [-0.2, 0) is 25.1 Å². The molecule has 3 atom stereocenters. The van der Waals surface area contributed by atoms with Gasteiger partial charge < -0.3 is 19.0 Å². The first-order valence-corrected chi connectivity index (χ1v) is 15.6. The molecule has 1 aliphatic heterocycles. The van der Waals surface area contributed by atoms with Gasteiger partial charge in [-0.1, -0.05) is 70.7 Å². The molecule has 0 aliphatic carbocycles. The Morgan fingerprint density at radius 2 is 2.00 bits per heavy atom. The van der Waals surface area contributed by atoms with E-state index in [1.807, 2.05) is 12.1 Å². The first-order chi connectivity index (χ1) is 16.9. The first kappa shape index (κ1) is 29.6. The lowest BCUT2D eigenvalue weighted by Crippen LogP contribution is -2.46. The monoisotopic (exact) mass is 514 g/mol. The van der Waals surface area contributed by atoms with E-state index in [9.17, 15) is 14.7 Å². The third-order valence-corrected chi connectivity index (χ3v) is 11.5. The SMILES string of the molecule is C=CCOC(=O)C=CC[C@H]1C[C@@H](O[Si](C)(C)C(C)(C)C)[C@@H](C)CC=CCc2cccc(O)c2C(=O)O1. The van der Waals surface area contributed by atoms with Crippen LogP contribution in [0, 0.1) is 5.92 Å². The molecule has 6 nitrogen and oxygen atoms in total. The summed E-state index contributed by atoms with van der Waals surface area (Å²) < 4.78 is 17.8. The number of cyclic esters (lactones) is 1. The standard InChI is InChI=1S/C29H42O6Si/c1-8-19-33-26(31)18-12-16-23-20-25(35-36(6,7)29(3,4)5)21(2)13-9-10-14-22-15-11-17-24(30)27(22)28(32)34-23/h8-12,15,17-18,21,23,25,30H,1,13-14,16,19-20H2,2-7H3/t21-,23-,25+/m0/s1. The van der Waals surface area contributed by atoms with E-state index in [1.165, 1.54) is 18.2 Å². The van der Waals surface area contributed by atoms with Gasteiger partial charge in [-0.2, -0.15) is 0 Å². The van der Waals surface area contributed by atoms with Crippen molar-refractivity contribution in [2.24, 2.45) is 5.92 Å². The second kappa shape index (κ2) is 13.1. The highest BCUT2D eigenvalue weighted by Crippen LogP contribution is 2.39. The van der Waals surface area contributed by atoms with Gasteiger partial charge in [0, 0.05) is 18.9 Å². The molecule has 0 aromatic heterocycles. The highest BCUT2D eigenvalue weighted by molar-refractivity contribution is 6.74. The Hall–Kier alpha value is -2.64. The molecule has 1 aliphatic rings. The number of hydrogen-bond acceptors (Lipinski definition) is 6. The minimum Gasteiger partial charge on any atom is -0.507 e. The highest BCUT2D eigenvalue weighted by atomic mass is 28.4. The molecular weight excluding hydrogens is 472 g/mol. The number of carbonyl (C=O) groups excluding carboxylic acids is 2. The van der Waals surface area contributed by atoms with Crippen molar-refractivity contribution in [2.75, 3.05) is 6.61 Å². The number of phenolic OH excluding ortho intramolecular Hbond substituents is 1. The fourth-order valence-electron chi connectivity index (χ4n) is 3.78. The molecule has 7 heteroatoms. The zero-order valence-electron chi connectivity index (χ0n) is 22.6. The Kier molecular flexibility index (Phi) is 10.7. The van der Waals surface area contributed by atoms with Crippen molar-refractivity contribution in [3.63, 3.8) is 0 Å². The summed E-state index contributed by atoms with van der Waals surface area (Å²) in [4.78, 5) is 25.2. The fourth-order valence-corrected chi connectivity index (χ4v) is 5.22. The molecule has 1 heterocycles. The maximum Gasteiger partial charge on any atom is 0.342 e. The van der Waals surface area contributed by atoms with Crippen LogP contribution in [0.25, 0.3) is 0 Å². The summed E-state index contributed by atoms with van der Waals surface area (Å²) in [7, 11) is -2.11. The number of rotatable bonds is 7. The van der Waals surface area contributed by atoms with Crippen molar-refractivity contribution < 1.29 is 28.6 Å². The first-order valence-electron chi connectivity index (χ1n) is 12.6. The van der Waals surface area contributed by atoms with Gasteiger partial charge in [0.1, 0.15) is 24.0 Å². The number of benzene rings is 1. The zero-order chi connectivity index (χ0) is 26.9. The van der Waals surface area contributed by atoms with E-state index in [1.54, 1.807) is 12.1 Å². The topological polar surface area (TPSA) is 82.1 Å². The average molecular weight is 515 g/mol. The van der Waals surface area contributed by atoms with Crippen molar-refractivity contribution in [1.82, 2.24) is 0 Å². The number of carbonyl (C=O) groups is 2. The molecule has 0 amide bonds. The van der Waals surface area contributed by atoms with Crippen molar-refractivity contribution >= 4 is 20.3 Å². The van der Waals surface area contributed by atoms with Crippen LogP contribution in [0.4, 0.5) is 0 Å². The van der Waals surface area contributed by atoms with E-state index in [0.29, 0.717) is 24.8 Å². The van der Waals surface area contributed by atoms with Gasteiger partial charge in [0.2, 0.25) is 0 Å². The molecule has 1 aromatic rings. The van der Waals surface area contributed by atoms with Crippen molar-refractivity contribution in [3.8, 4) is 5.75 Å². The van der Waals surface area contributed by atoms with E-state index in [-0.39, 0.29) is 35.0 Å². The zero-order valence-corrected chi connectivity index (χ0v) is 23.6. The molecule has 0 spiro atoms. The summed E-state index contributed by atoms with van der Waals surface area (Å²) in [6.45, 7) is 16.9. The summed E-state index contributed by atoms with van der Waals surface area (Å²) in [5.41, 5.74) is 0.887. The molecule has 36 heavy (non-hydrogen) atoms. The van der Waals surface area contributed by atoms with Crippen LogP contribution in [0.15, 0.2) is 55.2 Å². The number of phenols is 1. The van der Waals surface area contributed by atoms with Gasteiger partial charge in [0.05, 0.1) is 6.10 Å². The summed E-state index contributed by atoms with van der Waals surface area (Å²) >= 11 is 0. The molecule has 0 bridgehead atoms. The van der Waals surface area contributed by atoms with Crippen LogP contribution in [0.2, 0.25) is 18.1 Å². The molecule has 0 fully saturated rings. The maximum atomic E-state index is 13.3. The predicted octanol–water partition coefficient (Wildman–Crippen LogP) is 6.51. The van der Waals surface area contributed by atoms with Crippen LogP contribution in [-0.4, -0.2) is 44.2 Å². The van der Waals surface area contributed by atoms with Crippen molar-refractivity contribution in [2.45, 2.75) is 83.7 Å². The number of aromatic hydroxyl groups is 1. The molecule has 0 radical (unpaired) electrons. The Balaban J connectivity index is 2.39. The molecule has 0 saturated carbocycles. The van der Waals surface area contributed by atoms with Crippen molar-refractivity contribution in [1.29, 1.82) is 0 Å². The molecular formula is C29H42O6Si. The molecule has 2 rings (SSSR count). The number of ether oxygens (including phenoxy) is 2. The smallest absolute Gasteiger partial charge is 0.342 e. The quantitative estimate of drug-likeness (QED) is 0.193. The second-order valence-corrected chi connectivity index (χ2v) is 15.7. The maximum absolute atomic E-state index is 13.3. The molecule has 1 N–H and O–H groups in total. The third-order valence-electron chi connectivity index (χ3n) is 7.00. The number of allylic oxidation sites excluding steroid dienone is 2. The lowest BCUT2D eigenvalue weighted by molar-refractivity contribution is -0.136. The Labute approximate surface area is 217 Å². The Bertz CT molecular complexity index is 972. The third kappa shape index (κ3) is 8.49. The summed E-state index contributed by atoms with van der Waals surface area (Å²) in [6.07, 6.45) is 10.1. The number of esters is 2. The van der Waals surface area contributed by atoms with Crippen LogP contribution >= 0.6 is 0 Å². The normalized spacial score (nSPS) is 21.7. The van der Waals surface area contributed by atoms with Crippen LogP contribution in [0.5, 0.6) is 5.75 Å². The van der Waals surface area contributed by atoms with Crippen LogP contribution in [0.1, 0.15) is 62.9 Å². The van der Waals surface area contributed by atoms with E-state index < -0.39 is 26.4 Å². The fraction of sp³-hybridized carbons (Fsp3) is 0.517. The summed E-state index contributed by atoms with van der Waals surface area (Å²) in [5, 5.41) is 10.5. The van der Waals surface area contributed by atoms with Crippen LogP contribution < -0.4 is 0 Å². The molecule has 1 aromatic carbocycles.